The third kappa shape index (κ3) is 7.48. The van der Waals surface area contributed by atoms with Gasteiger partial charge in [0.1, 0.15) is 0 Å². The van der Waals surface area contributed by atoms with E-state index in [-0.39, 0.29) is 0 Å². The van der Waals surface area contributed by atoms with Crippen molar-refractivity contribution in [1.29, 1.82) is 0 Å². The monoisotopic (exact) mass is 508 g/mol. The molecule has 0 spiro atoms. The Morgan fingerprint density at radius 2 is 1.25 bits per heavy atom. The van der Waals surface area contributed by atoms with Crippen LogP contribution in [0.1, 0.15) is 102 Å². The quantitative estimate of drug-likeness (QED) is 0.222. The van der Waals surface area contributed by atoms with Gasteiger partial charge in [0.05, 0.1) is 0 Å². The molecule has 0 radical (unpaired) electrons. The van der Waals surface area contributed by atoms with Crippen molar-refractivity contribution in [2.24, 2.45) is 0 Å². The summed E-state index contributed by atoms with van der Waals surface area (Å²) in [5, 5.41) is 2.90. The average molecular weight is 510 g/mol. The van der Waals surface area contributed by atoms with Crippen LogP contribution in [0.4, 0.5) is 0 Å². The molecule has 0 aromatic heterocycles. The van der Waals surface area contributed by atoms with Gasteiger partial charge in [-0.1, -0.05) is 96.3 Å². The van der Waals surface area contributed by atoms with Crippen molar-refractivity contribution >= 4 is 42.6 Å². The first kappa shape index (κ1) is 23.9. The van der Waals surface area contributed by atoms with Crippen LogP contribution >= 0.6 is 31.9 Å². The first-order chi connectivity index (χ1) is 13.7. The fourth-order valence-corrected chi connectivity index (χ4v) is 5.18. The van der Waals surface area contributed by atoms with Crippen LogP contribution in [-0.4, -0.2) is 0 Å². The number of benzene rings is 2. The van der Waals surface area contributed by atoms with Gasteiger partial charge in [-0.05, 0) is 85.5 Å². The molecular formula is C26H38Br2. The third-order valence-electron chi connectivity index (χ3n) is 5.82. The second kappa shape index (κ2) is 13.8. The number of unbranched alkanes of at least 4 members (excludes halogenated alkanes) is 10. The van der Waals surface area contributed by atoms with Gasteiger partial charge in [0.25, 0.3) is 0 Å². The molecule has 0 bridgehead atoms. The molecule has 2 aromatic carbocycles. The Bertz CT molecular complexity index is 705. The van der Waals surface area contributed by atoms with E-state index in [1.54, 1.807) is 5.56 Å². The Labute approximate surface area is 190 Å². The molecule has 0 unspecified atom stereocenters. The van der Waals surface area contributed by atoms with Crippen molar-refractivity contribution in [3.63, 3.8) is 0 Å². The van der Waals surface area contributed by atoms with Crippen molar-refractivity contribution in [2.75, 3.05) is 0 Å². The van der Waals surface area contributed by atoms with Crippen molar-refractivity contribution in [3.05, 3.63) is 44.3 Å². The maximum atomic E-state index is 3.89. The van der Waals surface area contributed by atoms with Crippen molar-refractivity contribution in [3.8, 4) is 0 Å². The van der Waals surface area contributed by atoms with Crippen molar-refractivity contribution in [2.45, 2.75) is 104 Å². The summed E-state index contributed by atoms with van der Waals surface area (Å²) >= 11 is 7.67. The molecule has 0 nitrogen and oxygen atoms in total. The van der Waals surface area contributed by atoms with Crippen LogP contribution in [0, 0.1) is 0 Å². The highest BCUT2D eigenvalue weighted by molar-refractivity contribution is 9.13. The zero-order valence-corrected chi connectivity index (χ0v) is 21.1. The fraction of sp³-hybridized carbons (Fsp3) is 0.615. The molecular weight excluding hydrogens is 472 g/mol. The van der Waals surface area contributed by atoms with E-state index in [2.05, 4.69) is 70.0 Å². The number of hydrogen-bond acceptors (Lipinski definition) is 0. The van der Waals surface area contributed by atoms with Crippen LogP contribution in [0.3, 0.4) is 0 Å². The smallest absolute Gasteiger partial charge is 0.0355 e. The Morgan fingerprint density at radius 3 is 1.89 bits per heavy atom. The summed E-state index contributed by atoms with van der Waals surface area (Å²) in [4.78, 5) is 0. The topological polar surface area (TPSA) is 0 Å². The molecule has 0 N–H and O–H groups in total. The lowest BCUT2D eigenvalue weighted by atomic mass is 9.93. The highest BCUT2D eigenvalue weighted by atomic mass is 79.9. The summed E-state index contributed by atoms with van der Waals surface area (Å²) in [6.07, 6.45) is 18.7. The molecule has 156 valence electrons. The lowest BCUT2D eigenvalue weighted by Gasteiger charge is -2.15. The minimum Gasteiger partial charge on any atom is -0.0654 e. The van der Waals surface area contributed by atoms with E-state index in [1.807, 2.05) is 0 Å². The highest BCUT2D eigenvalue weighted by Crippen LogP contribution is 2.37. The minimum atomic E-state index is 1.18. The number of aryl methyl sites for hydroxylation is 2. The zero-order valence-electron chi connectivity index (χ0n) is 18.0. The summed E-state index contributed by atoms with van der Waals surface area (Å²) < 4.78 is 2.46. The molecule has 0 saturated carbocycles. The van der Waals surface area contributed by atoms with Crippen LogP contribution in [0.2, 0.25) is 0 Å². The maximum absolute atomic E-state index is 3.89. The Hall–Kier alpha value is -0.340. The van der Waals surface area contributed by atoms with Gasteiger partial charge in [0.15, 0.2) is 0 Å². The number of rotatable bonds is 14. The summed E-state index contributed by atoms with van der Waals surface area (Å²) in [6.45, 7) is 4.58. The first-order valence-corrected chi connectivity index (χ1v) is 13.2. The van der Waals surface area contributed by atoms with E-state index in [9.17, 15) is 0 Å². The number of hydrogen-bond donors (Lipinski definition) is 0. The summed E-state index contributed by atoms with van der Waals surface area (Å²) in [7, 11) is 0. The van der Waals surface area contributed by atoms with Crippen LogP contribution in [-0.2, 0) is 12.8 Å². The second-order valence-electron chi connectivity index (χ2n) is 8.20. The lowest BCUT2D eigenvalue weighted by Crippen LogP contribution is -1.97. The van der Waals surface area contributed by atoms with E-state index in [0.717, 1.165) is 0 Å². The van der Waals surface area contributed by atoms with Crippen LogP contribution < -0.4 is 0 Å². The van der Waals surface area contributed by atoms with Gasteiger partial charge in [0, 0.05) is 8.95 Å². The lowest BCUT2D eigenvalue weighted by molar-refractivity contribution is 0.606. The molecule has 0 fully saturated rings. The highest BCUT2D eigenvalue weighted by Gasteiger charge is 2.13. The van der Waals surface area contributed by atoms with Gasteiger partial charge < -0.3 is 0 Å². The summed E-state index contributed by atoms with van der Waals surface area (Å²) in [6, 6.07) is 9.17. The molecule has 0 aliphatic rings. The van der Waals surface area contributed by atoms with E-state index in [4.69, 9.17) is 0 Å². The largest absolute Gasteiger partial charge is 0.0654 e. The standard InChI is InChI=1S/C26H38Br2/c1-3-5-7-9-11-13-16-21-17-15-18-22-20-24(27)26(28)23(25(21)22)19-14-12-10-8-6-4-2/h15,17-18,20H,3-14,16,19H2,1-2H3. The van der Waals surface area contributed by atoms with E-state index in [0.29, 0.717) is 0 Å². The first-order valence-electron chi connectivity index (χ1n) is 11.6. The second-order valence-corrected chi connectivity index (χ2v) is 9.85. The Balaban J connectivity index is 2.08. The van der Waals surface area contributed by atoms with Gasteiger partial charge >= 0.3 is 0 Å². The molecule has 2 rings (SSSR count). The van der Waals surface area contributed by atoms with Crippen LogP contribution in [0.15, 0.2) is 33.2 Å². The minimum absolute atomic E-state index is 1.18. The van der Waals surface area contributed by atoms with Gasteiger partial charge in [0.2, 0.25) is 0 Å². The summed E-state index contributed by atoms with van der Waals surface area (Å²) in [5.41, 5.74) is 3.06. The predicted octanol–water partition coefficient (Wildman–Crippen LogP) is 10.2. The predicted molar refractivity (Wildman–Crippen MR) is 134 cm³/mol. The number of halogens is 2. The molecule has 28 heavy (non-hydrogen) atoms. The van der Waals surface area contributed by atoms with Crippen LogP contribution in [0.5, 0.6) is 0 Å². The Kier molecular flexibility index (Phi) is 11.8. The molecule has 0 saturated heterocycles. The molecule has 0 aliphatic carbocycles. The maximum Gasteiger partial charge on any atom is 0.0355 e. The molecule has 2 heteroatoms. The van der Waals surface area contributed by atoms with Gasteiger partial charge in [-0.15, -0.1) is 0 Å². The van der Waals surface area contributed by atoms with Gasteiger partial charge in [-0.25, -0.2) is 0 Å². The van der Waals surface area contributed by atoms with Gasteiger partial charge in [-0.2, -0.15) is 0 Å². The van der Waals surface area contributed by atoms with Crippen LogP contribution in [0.25, 0.3) is 10.8 Å². The molecule has 0 atom stereocenters. The molecule has 0 aliphatic heterocycles. The van der Waals surface area contributed by atoms with Crippen molar-refractivity contribution < 1.29 is 0 Å². The zero-order chi connectivity index (χ0) is 20.2. The van der Waals surface area contributed by atoms with Gasteiger partial charge in [-0.3, -0.25) is 0 Å². The van der Waals surface area contributed by atoms with E-state index >= 15 is 0 Å². The molecule has 0 amide bonds. The SMILES string of the molecule is CCCCCCCCc1cccc2cc(Br)c(Br)c(CCCCCCCC)c12. The Morgan fingerprint density at radius 1 is 0.679 bits per heavy atom. The average Bonchev–Trinajstić information content (AvgIpc) is 2.70. The normalized spacial score (nSPS) is 11.4. The van der Waals surface area contributed by atoms with E-state index in [1.165, 1.54) is 115 Å². The molecule has 2 aromatic rings. The summed E-state index contributed by atoms with van der Waals surface area (Å²) in [5.74, 6) is 0. The van der Waals surface area contributed by atoms with E-state index < -0.39 is 0 Å². The van der Waals surface area contributed by atoms with Crippen molar-refractivity contribution in [1.82, 2.24) is 0 Å². The fourth-order valence-electron chi connectivity index (χ4n) is 4.18. The molecule has 0 heterocycles. The number of fused-ring (bicyclic) bond motifs is 1. The third-order valence-corrected chi connectivity index (χ3v) is 7.88.